The van der Waals surface area contributed by atoms with Crippen LogP contribution in [0.4, 0.5) is 5.69 Å². The second-order valence-corrected chi connectivity index (χ2v) is 4.96. The molecule has 1 aliphatic heterocycles. The van der Waals surface area contributed by atoms with Gasteiger partial charge in [-0.05, 0) is 30.0 Å². The Balaban J connectivity index is 1.96. The van der Waals surface area contributed by atoms with Crippen molar-refractivity contribution in [3.05, 3.63) is 23.3 Å². The summed E-state index contributed by atoms with van der Waals surface area (Å²) in [5.74, 6) is 0.688. The van der Waals surface area contributed by atoms with Crippen molar-refractivity contribution in [2.24, 2.45) is 0 Å². The number of rotatable bonds is 3. The summed E-state index contributed by atoms with van der Waals surface area (Å²) in [5.41, 5.74) is 2.27. The molecule has 1 heterocycles. The summed E-state index contributed by atoms with van der Waals surface area (Å²) in [6, 6.07) is 3.90. The Labute approximate surface area is 99.6 Å². The fraction of sp³-hybridized carbons (Fsp3) is 0.462. The molecule has 1 amide bonds. The first kappa shape index (κ1) is 10.6. The average molecular weight is 233 g/mol. The number of methoxy groups -OCH3 is 1. The van der Waals surface area contributed by atoms with Crippen LogP contribution in [-0.2, 0) is 17.6 Å². The Morgan fingerprint density at radius 2 is 2.24 bits per heavy atom. The highest BCUT2D eigenvalue weighted by Crippen LogP contribution is 2.41. The molecule has 1 saturated carbocycles. The van der Waals surface area contributed by atoms with E-state index in [1.54, 1.807) is 7.11 Å². The number of carbonyl (C=O) groups excluding carboxylic acids is 1. The molecule has 1 aromatic rings. The van der Waals surface area contributed by atoms with Gasteiger partial charge in [0.2, 0.25) is 5.91 Å². The van der Waals surface area contributed by atoms with Crippen LogP contribution in [0.2, 0.25) is 0 Å². The Kier molecular flexibility index (Phi) is 2.16. The fourth-order valence-corrected chi connectivity index (χ4v) is 2.34. The molecule has 1 fully saturated rings. The van der Waals surface area contributed by atoms with E-state index in [-0.39, 0.29) is 5.91 Å². The summed E-state index contributed by atoms with van der Waals surface area (Å²) < 4.78 is 5.28. The van der Waals surface area contributed by atoms with Crippen LogP contribution in [0, 0.1) is 0 Å². The Bertz CT molecular complexity index is 492. The zero-order valence-corrected chi connectivity index (χ0v) is 9.75. The van der Waals surface area contributed by atoms with Crippen LogP contribution >= 0.6 is 0 Å². The topological polar surface area (TPSA) is 58.6 Å². The highest BCUT2D eigenvalue weighted by molar-refractivity contribution is 6.01. The van der Waals surface area contributed by atoms with Crippen molar-refractivity contribution >= 4 is 11.6 Å². The van der Waals surface area contributed by atoms with Gasteiger partial charge in [-0.3, -0.25) is 4.79 Å². The zero-order valence-electron chi connectivity index (χ0n) is 9.75. The normalized spacial score (nSPS) is 19.8. The number of amides is 1. The third-order valence-corrected chi connectivity index (χ3v) is 3.44. The van der Waals surface area contributed by atoms with Gasteiger partial charge in [-0.1, -0.05) is 6.07 Å². The van der Waals surface area contributed by atoms with Crippen LogP contribution in [0.5, 0.6) is 5.75 Å². The quantitative estimate of drug-likeness (QED) is 0.826. The molecule has 0 unspecified atom stereocenters. The third-order valence-electron chi connectivity index (χ3n) is 3.44. The van der Waals surface area contributed by atoms with E-state index in [0.717, 1.165) is 29.7 Å². The van der Waals surface area contributed by atoms with E-state index < -0.39 is 5.60 Å². The van der Waals surface area contributed by atoms with Crippen molar-refractivity contribution in [3.63, 3.8) is 0 Å². The standard InChI is InChI=1S/C13H15NO3/c1-17-10-5-8(7-13(16)2-3-13)4-9-6-11(15)14-12(9)10/h4-5,16H,2-3,6-7H2,1H3,(H,14,15). The maximum absolute atomic E-state index is 11.4. The minimum atomic E-state index is -0.519. The first-order valence-corrected chi connectivity index (χ1v) is 5.82. The molecule has 4 nitrogen and oxygen atoms in total. The zero-order chi connectivity index (χ0) is 12.0. The minimum absolute atomic E-state index is 0.000540. The number of aliphatic hydroxyl groups is 1. The minimum Gasteiger partial charge on any atom is -0.495 e. The van der Waals surface area contributed by atoms with E-state index in [1.807, 2.05) is 12.1 Å². The van der Waals surface area contributed by atoms with Gasteiger partial charge in [0.15, 0.2) is 0 Å². The lowest BCUT2D eigenvalue weighted by Gasteiger charge is -2.12. The van der Waals surface area contributed by atoms with Gasteiger partial charge in [-0.2, -0.15) is 0 Å². The molecule has 3 rings (SSSR count). The highest BCUT2D eigenvalue weighted by atomic mass is 16.5. The van der Waals surface area contributed by atoms with Crippen LogP contribution < -0.4 is 10.1 Å². The average Bonchev–Trinajstić information content (AvgIpc) is 2.86. The molecule has 0 atom stereocenters. The summed E-state index contributed by atoms with van der Waals surface area (Å²) in [5, 5.41) is 12.7. The smallest absolute Gasteiger partial charge is 0.228 e. The molecular formula is C13H15NO3. The van der Waals surface area contributed by atoms with Crippen LogP contribution in [0.25, 0.3) is 0 Å². The number of hydrogen-bond acceptors (Lipinski definition) is 3. The molecule has 0 aromatic heterocycles. The predicted octanol–water partition coefficient (Wildman–Crippen LogP) is 1.26. The lowest BCUT2D eigenvalue weighted by Crippen LogP contribution is -2.11. The number of fused-ring (bicyclic) bond motifs is 1. The van der Waals surface area contributed by atoms with Gasteiger partial charge in [0.05, 0.1) is 24.8 Å². The monoisotopic (exact) mass is 233 g/mol. The van der Waals surface area contributed by atoms with Crippen LogP contribution in [-0.4, -0.2) is 23.7 Å². The van der Waals surface area contributed by atoms with E-state index in [4.69, 9.17) is 4.74 Å². The summed E-state index contributed by atoms with van der Waals surface area (Å²) in [4.78, 5) is 11.4. The molecule has 0 saturated heterocycles. The van der Waals surface area contributed by atoms with Crippen molar-refractivity contribution in [3.8, 4) is 5.75 Å². The van der Waals surface area contributed by atoms with Gasteiger partial charge >= 0.3 is 0 Å². The maximum Gasteiger partial charge on any atom is 0.228 e. The lowest BCUT2D eigenvalue weighted by molar-refractivity contribution is -0.115. The van der Waals surface area contributed by atoms with Gasteiger partial charge in [0, 0.05) is 6.42 Å². The van der Waals surface area contributed by atoms with E-state index >= 15 is 0 Å². The fourth-order valence-electron chi connectivity index (χ4n) is 2.34. The van der Waals surface area contributed by atoms with Crippen molar-refractivity contribution in [2.45, 2.75) is 31.3 Å². The van der Waals surface area contributed by atoms with E-state index in [2.05, 4.69) is 5.32 Å². The number of nitrogens with one attached hydrogen (secondary N) is 1. The molecule has 1 aromatic carbocycles. The van der Waals surface area contributed by atoms with Gasteiger partial charge in [0.1, 0.15) is 5.75 Å². The molecule has 4 heteroatoms. The highest BCUT2D eigenvalue weighted by Gasteiger charge is 2.40. The van der Waals surface area contributed by atoms with Gasteiger partial charge in [-0.25, -0.2) is 0 Å². The Morgan fingerprint density at radius 1 is 1.47 bits per heavy atom. The summed E-state index contributed by atoms with van der Waals surface area (Å²) in [6.07, 6.45) is 2.77. The Morgan fingerprint density at radius 3 is 2.88 bits per heavy atom. The van der Waals surface area contributed by atoms with E-state index in [0.29, 0.717) is 18.6 Å². The van der Waals surface area contributed by atoms with Crippen molar-refractivity contribution in [2.75, 3.05) is 12.4 Å². The molecular weight excluding hydrogens is 218 g/mol. The third kappa shape index (κ3) is 1.89. The van der Waals surface area contributed by atoms with Gasteiger partial charge in [-0.15, -0.1) is 0 Å². The summed E-state index contributed by atoms with van der Waals surface area (Å²) in [6.45, 7) is 0. The van der Waals surface area contributed by atoms with Gasteiger partial charge in [0.25, 0.3) is 0 Å². The number of anilines is 1. The van der Waals surface area contributed by atoms with Crippen molar-refractivity contribution in [1.82, 2.24) is 0 Å². The summed E-state index contributed by atoms with van der Waals surface area (Å²) in [7, 11) is 1.59. The molecule has 0 bridgehead atoms. The number of benzene rings is 1. The first-order valence-electron chi connectivity index (χ1n) is 5.82. The molecule has 17 heavy (non-hydrogen) atoms. The first-order chi connectivity index (χ1) is 8.09. The largest absolute Gasteiger partial charge is 0.495 e. The van der Waals surface area contributed by atoms with Crippen LogP contribution in [0.3, 0.4) is 0 Å². The number of hydrogen-bond donors (Lipinski definition) is 2. The molecule has 2 aliphatic rings. The maximum atomic E-state index is 11.4. The predicted molar refractivity (Wildman–Crippen MR) is 63.2 cm³/mol. The lowest BCUT2D eigenvalue weighted by atomic mass is 10.0. The van der Waals surface area contributed by atoms with E-state index in [1.165, 1.54) is 0 Å². The van der Waals surface area contributed by atoms with Crippen molar-refractivity contribution < 1.29 is 14.6 Å². The summed E-state index contributed by atoms with van der Waals surface area (Å²) >= 11 is 0. The molecule has 0 radical (unpaired) electrons. The molecule has 0 spiro atoms. The van der Waals surface area contributed by atoms with Crippen LogP contribution in [0.1, 0.15) is 24.0 Å². The number of carbonyl (C=O) groups is 1. The Hall–Kier alpha value is -1.55. The van der Waals surface area contributed by atoms with E-state index in [9.17, 15) is 9.90 Å². The molecule has 1 aliphatic carbocycles. The second kappa shape index (κ2) is 3.47. The SMILES string of the molecule is COc1cc(CC2(O)CC2)cc2c1NC(=O)C2. The molecule has 90 valence electrons. The van der Waals surface area contributed by atoms with Crippen LogP contribution in [0.15, 0.2) is 12.1 Å². The number of ether oxygens (including phenoxy) is 1. The molecule has 2 N–H and O–H groups in total. The second-order valence-electron chi connectivity index (χ2n) is 4.96. The van der Waals surface area contributed by atoms with Crippen molar-refractivity contribution in [1.29, 1.82) is 0 Å². The van der Waals surface area contributed by atoms with Gasteiger partial charge < -0.3 is 15.2 Å².